The first kappa shape index (κ1) is 26.2. The second-order valence-electron chi connectivity index (χ2n) is 12.2. The molecule has 0 radical (unpaired) electrons. The molecule has 4 heterocycles. The first-order valence-corrected chi connectivity index (χ1v) is 13.2. The van der Waals surface area contributed by atoms with Crippen LogP contribution in [0.1, 0.15) is 51.2 Å². The lowest BCUT2D eigenvalue weighted by Gasteiger charge is -2.46. The second kappa shape index (κ2) is 8.50. The Hall–Kier alpha value is -3.99. The number of fused-ring (bicyclic) bond motifs is 2. The Morgan fingerprint density at radius 1 is 1.02 bits per heavy atom. The predicted molar refractivity (Wildman–Crippen MR) is 151 cm³/mol. The number of halogens is 2. The summed E-state index contributed by atoms with van der Waals surface area (Å²) in [5, 5.41) is 14.9. The largest absolute Gasteiger partial charge is 0.386 e. The van der Waals surface area contributed by atoms with Crippen molar-refractivity contribution in [2.75, 3.05) is 18.0 Å². The number of aryl methyl sites for hydroxylation is 3. The lowest BCUT2D eigenvalue weighted by molar-refractivity contribution is 0.0312. The summed E-state index contributed by atoms with van der Waals surface area (Å²) in [4.78, 5) is 20.0. The van der Waals surface area contributed by atoms with Crippen LogP contribution in [0.15, 0.2) is 41.3 Å². The lowest BCUT2D eigenvalue weighted by atomic mass is 9.95. The zero-order chi connectivity index (χ0) is 28.9. The zero-order valence-electron chi connectivity index (χ0n) is 23.7. The molecule has 0 bridgehead atoms. The molecule has 0 aliphatic carbocycles. The van der Waals surface area contributed by atoms with E-state index >= 15 is 0 Å². The van der Waals surface area contributed by atoms with Crippen molar-refractivity contribution in [1.29, 1.82) is 0 Å². The van der Waals surface area contributed by atoms with E-state index in [4.69, 9.17) is 4.98 Å². The molecule has 3 aromatic heterocycles. The van der Waals surface area contributed by atoms with E-state index in [1.54, 1.807) is 48.5 Å². The first-order valence-electron chi connectivity index (χ1n) is 13.2. The third kappa shape index (κ3) is 3.94. The zero-order valence-corrected chi connectivity index (χ0v) is 23.7. The molecule has 1 aliphatic heterocycles. The summed E-state index contributed by atoms with van der Waals surface area (Å²) in [5.41, 5.74) is 3.45. The standard InChI is InChI=1S/C29H33F2N7O2/c1-16-8-9-37(33-16)20-13-19-21(12-18(20)25(30)31)38(26(32-19)28(2,3)4)17-10-22-24(35(7)27(39)34(22)6)23(11-17)36-14-29(5,40)15-36/h8-13,25,40H,14-15H2,1-7H3. The molecule has 2 aromatic carbocycles. The molecule has 0 saturated carbocycles. The molecule has 0 amide bonds. The van der Waals surface area contributed by atoms with E-state index in [1.807, 2.05) is 49.3 Å². The Morgan fingerprint density at radius 2 is 1.73 bits per heavy atom. The lowest BCUT2D eigenvalue weighted by Crippen LogP contribution is -2.60. The molecule has 0 unspecified atom stereocenters. The fourth-order valence-electron chi connectivity index (χ4n) is 5.75. The fraction of sp³-hybridized carbons (Fsp3) is 0.414. The van der Waals surface area contributed by atoms with Crippen LogP contribution in [0.3, 0.4) is 0 Å². The highest BCUT2D eigenvalue weighted by molar-refractivity contribution is 5.93. The Morgan fingerprint density at radius 3 is 2.30 bits per heavy atom. The quantitative estimate of drug-likeness (QED) is 0.357. The van der Waals surface area contributed by atoms with Gasteiger partial charge in [0.2, 0.25) is 0 Å². The molecule has 0 spiro atoms. The van der Waals surface area contributed by atoms with Crippen LogP contribution in [-0.4, -0.2) is 52.3 Å². The number of anilines is 1. The van der Waals surface area contributed by atoms with Crippen LogP contribution in [0.4, 0.5) is 14.5 Å². The highest BCUT2D eigenvalue weighted by Gasteiger charge is 2.38. The van der Waals surface area contributed by atoms with Gasteiger partial charge in [-0.15, -0.1) is 0 Å². The van der Waals surface area contributed by atoms with Crippen LogP contribution in [0, 0.1) is 6.92 Å². The number of imidazole rings is 2. The van der Waals surface area contributed by atoms with E-state index in [9.17, 15) is 18.7 Å². The number of benzene rings is 2. The van der Waals surface area contributed by atoms with Crippen molar-refractivity contribution in [3.05, 3.63) is 64.1 Å². The van der Waals surface area contributed by atoms with Crippen molar-refractivity contribution in [2.24, 2.45) is 14.1 Å². The highest BCUT2D eigenvalue weighted by atomic mass is 19.3. The van der Waals surface area contributed by atoms with Gasteiger partial charge >= 0.3 is 5.69 Å². The Kier molecular flexibility index (Phi) is 5.58. The fourth-order valence-corrected chi connectivity index (χ4v) is 5.75. The van der Waals surface area contributed by atoms with E-state index in [1.165, 1.54) is 10.7 Å². The maximum absolute atomic E-state index is 14.5. The molecular weight excluding hydrogens is 516 g/mol. The van der Waals surface area contributed by atoms with Crippen LogP contribution in [0.25, 0.3) is 33.4 Å². The van der Waals surface area contributed by atoms with E-state index in [0.29, 0.717) is 41.2 Å². The van der Waals surface area contributed by atoms with Crippen molar-refractivity contribution < 1.29 is 13.9 Å². The third-order valence-corrected chi connectivity index (χ3v) is 7.66. The molecule has 210 valence electrons. The van der Waals surface area contributed by atoms with Gasteiger partial charge in [0.1, 0.15) is 5.82 Å². The second-order valence-corrected chi connectivity index (χ2v) is 12.2. The van der Waals surface area contributed by atoms with Crippen LogP contribution >= 0.6 is 0 Å². The predicted octanol–water partition coefficient (Wildman–Crippen LogP) is 4.52. The molecular formula is C29H33F2N7O2. The number of aliphatic hydroxyl groups is 1. The monoisotopic (exact) mass is 549 g/mol. The van der Waals surface area contributed by atoms with Crippen molar-refractivity contribution in [1.82, 2.24) is 28.5 Å². The maximum atomic E-state index is 14.5. The van der Waals surface area contributed by atoms with Gasteiger partial charge in [-0.25, -0.2) is 23.2 Å². The van der Waals surface area contributed by atoms with E-state index in [-0.39, 0.29) is 16.9 Å². The van der Waals surface area contributed by atoms with Crippen LogP contribution in [0.5, 0.6) is 0 Å². The Bertz CT molecular complexity index is 1860. The van der Waals surface area contributed by atoms with Gasteiger partial charge in [0.05, 0.1) is 50.4 Å². The summed E-state index contributed by atoms with van der Waals surface area (Å²) in [7, 11) is 3.45. The van der Waals surface area contributed by atoms with Crippen LogP contribution < -0.4 is 10.6 Å². The molecule has 1 fully saturated rings. The van der Waals surface area contributed by atoms with Gasteiger partial charge < -0.3 is 10.0 Å². The topological polar surface area (TPSA) is 86.0 Å². The van der Waals surface area contributed by atoms with E-state index < -0.39 is 17.4 Å². The molecule has 40 heavy (non-hydrogen) atoms. The average Bonchev–Trinajstić information content (AvgIpc) is 3.52. The normalized spacial score (nSPS) is 15.5. The maximum Gasteiger partial charge on any atom is 0.328 e. The van der Waals surface area contributed by atoms with Gasteiger partial charge in [0.15, 0.2) is 0 Å². The third-order valence-electron chi connectivity index (χ3n) is 7.66. The molecule has 1 aliphatic rings. The van der Waals surface area contributed by atoms with Gasteiger partial charge in [-0.2, -0.15) is 5.10 Å². The minimum absolute atomic E-state index is 0.149. The number of β-amino-alcohol motifs (C(OH)–C–C–N with tert-alkyl or cyclic N) is 1. The van der Waals surface area contributed by atoms with Crippen molar-refractivity contribution in [2.45, 2.75) is 52.1 Å². The molecule has 0 atom stereocenters. The van der Waals surface area contributed by atoms with Crippen molar-refractivity contribution in [3.63, 3.8) is 0 Å². The van der Waals surface area contributed by atoms with Crippen LogP contribution in [0.2, 0.25) is 0 Å². The summed E-state index contributed by atoms with van der Waals surface area (Å²) in [6.45, 7) is 10.5. The molecule has 6 rings (SSSR count). The minimum Gasteiger partial charge on any atom is -0.386 e. The number of nitrogens with zero attached hydrogens (tertiary/aromatic N) is 7. The SMILES string of the molecule is Cc1ccn(-c2cc3nc(C(C)(C)C)n(-c4cc(N5CC(C)(O)C5)c5c(c4)n(C)c(=O)n5C)c3cc2C(F)F)n1. The minimum atomic E-state index is -2.73. The van der Waals surface area contributed by atoms with Gasteiger partial charge in [0.25, 0.3) is 6.43 Å². The number of hydrogen-bond acceptors (Lipinski definition) is 5. The highest BCUT2D eigenvalue weighted by Crippen LogP contribution is 2.39. The molecule has 1 N–H and O–H groups in total. The van der Waals surface area contributed by atoms with Gasteiger partial charge in [-0.1, -0.05) is 20.8 Å². The van der Waals surface area contributed by atoms with Crippen molar-refractivity contribution >= 4 is 27.8 Å². The molecule has 9 nitrogen and oxygen atoms in total. The number of hydrogen-bond donors (Lipinski definition) is 1. The van der Waals surface area contributed by atoms with Gasteiger partial charge in [0, 0.05) is 44.4 Å². The molecule has 5 aromatic rings. The summed E-state index contributed by atoms with van der Waals surface area (Å²) < 4.78 is 35.5. The summed E-state index contributed by atoms with van der Waals surface area (Å²) >= 11 is 0. The smallest absolute Gasteiger partial charge is 0.328 e. The Balaban J connectivity index is 1.68. The summed E-state index contributed by atoms with van der Waals surface area (Å²) in [5.74, 6) is 0.693. The molecule has 1 saturated heterocycles. The van der Waals surface area contributed by atoms with E-state index in [0.717, 1.165) is 16.9 Å². The summed E-state index contributed by atoms with van der Waals surface area (Å²) in [6.07, 6.45) is -1.07. The number of rotatable bonds is 4. The van der Waals surface area contributed by atoms with Crippen LogP contribution in [-0.2, 0) is 19.5 Å². The van der Waals surface area contributed by atoms with E-state index in [2.05, 4.69) is 5.10 Å². The van der Waals surface area contributed by atoms with Gasteiger partial charge in [-0.05, 0) is 44.2 Å². The average molecular weight is 550 g/mol. The summed E-state index contributed by atoms with van der Waals surface area (Å²) in [6, 6.07) is 8.80. The first-order chi connectivity index (χ1) is 18.7. The number of alkyl halides is 2. The Labute approximate surface area is 229 Å². The van der Waals surface area contributed by atoms with Crippen molar-refractivity contribution in [3.8, 4) is 11.4 Å². The molecule has 11 heteroatoms. The number of aromatic nitrogens is 6. The van der Waals surface area contributed by atoms with Gasteiger partial charge in [-0.3, -0.25) is 13.7 Å².